The van der Waals surface area contributed by atoms with E-state index in [1.165, 1.54) is 0 Å². The van der Waals surface area contributed by atoms with Crippen LogP contribution < -0.4 is 27.4 Å². The quantitative estimate of drug-likeness (QED) is 0.128. The summed E-state index contributed by atoms with van der Waals surface area (Å²) in [7, 11) is 0. The van der Waals surface area contributed by atoms with Crippen molar-refractivity contribution in [3.05, 3.63) is 0 Å². The minimum atomic E-state index is -1.60. The lowest BCUT2D eigenvalue weighted by atomic mass is 10.0. The summed E-state index contributed by atoms with van der Waals surface area (Å²) in [6.45, 7) is 2.89. The maximum absolute atomic E-state index is 12.5. The van der Waals surface area contributed by atoms with Crippen molar-refractivity contribution in [3.8, 4) is 0 Å². The Hall–Kier alpha value is -2.38. The van der Waals surface area contributed by atoms with Gasteiger partial charge in [0, 0.05) is 12.2 Å². The molecule has 0 aliphatic carbocycles. The fourth-order valence-corrected chi connectivity index (χ4v) is 2.63. The van der Waals surface area contributed by atoms with Gasteiger partial charge < -0.3 is 37.6 Å². The highest BCUT2D eigenvalue weighted by molar-refractivity contribution is 7.80. The molecule has 0 spiro atoms. The zero-order valence-corrected chi connectivity index (χ0v) is 17.9. The Balaban J connectivity index is 5.21. The van der Waals surface area contributed by atoms with Crippen LogP contribution in [0.3, 0.4) is 0 Å². The molecule has 12 nitrogen and oxygen atoms in total. The highest BCUT2D eigenvalue weighted by atomic mass is 32.1. The molecule has 0 aliphatic rings. The van der Waals surface area contributed by atoms with Crippen LogP contribution in [0.15, 0.2) is 0 Å². The van der Waals surface area contributed by atoms with E-state index < -0.39 is 60.4 Å². The van der Waals surface area contributed by atoms with E-state index in [0.717, 1.165) is 0 Å². The summed E-state index contributed by atoms with van der Waals surface area (Å²) in [6.07, 6.45) is -0.0920. The van der Waals surface area contributed by atoms with E-state index in [0.29, 0.717) is 6.42 Å². The second-order valence-corrected chi connectivity index (χ2v) is 7.49. The van der Waals surface area contributed by atoms with Crippen molar-refractivity contribution < 1.29 is 34.2 Å². The zero-order valence-electron chi connectivity index (χ0n) is 17.0. The molecule has 0 aromatic carbocycles. The van der Waals surface area contributed by atoms with Crippen LogP contribution in [0.25, 0.3) is 0 Å². The number of primary amides is 1. The van der Waals surface area contributed by atoms with Crippen LogP contribution in [0.1, 0.15) is 33.1 Å². The first-order valence-corrected chi connectivity index (χ1v) is 9.95. The monoisotopic (exact) mass is 449 g/mol. The Morgan fingerprint density at radius 2 is 1.43 bits per heavy atom. The predicted molar refractivity (Wildman–Crippen MR) is 110 cm³/mol. The van der Waals surface area contributed by atoms with E-state index in [1.54, 1.807) is 0 Å². The molecule has 4 unspecified atom stereocenters. The minimum Gasteiger partial charge on any atom is -0.480 e. The van der Waals surface area contributed by atoms with E-state index in [9.17, 15) is 24.0 Å². The number of aliphatic hydroxyl groups excluding tert-OH is 1. The SMILES string of the molecule is CC(C)CC(N)C(=O)NC(CS)C(=O)NC(CCC(N)=O)C(=O)NC(CO)C(=O)O. The molecule has 4 atom stereocenters. The Bertz CT molecular complexity index is 632. The number of carboxylic acids is 1. The lowest BCUT2D eigenvalue weighted by Crippen LogP contribution is -2.58. The summed E-state index contributed by atoms with van der Waals surface area (Å²) in [5.41, 5.74) is 10.9. The number of aliphatic carboxylic acids is 1. The number of carboxylic acid groups (broad SMARTS) is 1. The summed E-state index contributed by atoms with van der Waals surface area (Å²) in [6, 6.07) is -4.90. The molecule has 172 valence electrons. The van der Waals surface area contributed by atoms with Gasteiger partial charge >= 0.3 is 5.97 Å². The van der Waals surface area contributed by atoms with E-state index >= 15 is 0 Å². The third kappa shape index (κ3) is 10.4. The van der Waals surface area contributed by atoms with E-state index in [2.05, 4.69) is 28.6 Å². The Morgan fingerprint density at radius 3 is 1.87 bits per heavy atom. The molecule has 0 aromatic rings. The predicted octanol–water partition coefficient (Wildman–Crippen LogP) is -2.91. The minimum absolute atomic E-state index is 0.107. The van der Waals surface area contributed by atoms with Crippen LogP contribution in [0.4, 0.5) is 0 Å². The molecule has 0 radical (unpaired) electrons. The van der Waals surface area contributed by atoms with Gasteiger partial charge in [0.25, 0.3) is 0 Å². The normalized spacial score (nSPS) is 14.9. The van der Waals surface area contributed by atoms with E-state index in [1.807, 2.05) is 13.8 Å². The molecule has 0 saturated heterocycles. The van der Waals surface area contributed by atoms with Gasteiger partial charge in [-0.2, -0.15) is 12.6 Å². The molecular formula is C17H31N5O7S. The smallest absolute Gasteiger partial charge is 0.328 e. The molecular weight excluding hydrogens is 418 g/mol. The molecule has 0 rings (SSSR count). The number of amides is 4. The maximum Gasteiger partial charge on any atom is 0.328 e. The Morgan fingerprint density at radius 1 is 0.933 bits per heavy atom. The van der Waals surface area contributed by atoms with Gasteiger partial charge in [-0.1, -0.05) is 13.8 Å². The zero-order chi connectivity index (χ0) is 23.4. The number of carbonyl (C=O) groups is 5. The van der Waals surface area contributed by atoms with Crippen molar-refractivity contribution in [1.29, 1.82) is 0 Å². The number of carbonyl (C=O) groups excluding carboxylic acids is 4. The number of hydrogen-bond donors (Lipinski definition) is 8. The number of nitrogens with one attached hydrogen (secondary N) is 3. The molecule has 9 N–H and O–H groups in total. The van der Waals surface area contributed by atoms with Crippen LogP contribution in [0.2, 0.25) is 0 Å². The van der Waals surface area contributed by atoms with Crippen molar-refractivity contribution >= 4 is 42.2 Å². The van der Waals surface area contributed by atoms with E-state index in [-0.39, 0.29) is 24.5 Å². The topological polar surface area (TPSA) is 214 Å². The number of hydrogen-bond acceptors (Lipinski definition) is 8. The van der Waals surface area contributed by atoms with Crippen LogP contribution in [-0.2, 0) is 24.0 Å². The molecule has 0 heterocycles. The molecule has 30 heavy (non-hydrogen) atoms. The van der Waals surface area contributed by atoms with Gasteiger partial charge in [-0.3, -0.25) is 19.2 Å². The van der Waals surface area contributed by atoms with Gasteiger partial charge in [0.2, 0.25) is 23.6 Å². The maximum atomic E-state index is 12.5. The fraction of sp³-hybridized carbons (Fsp3) is 0.706. The molecule has 0 aromatic heterocycles. The van der Waals surface area contributed by atoms with Crippen LogP contribution >= 0.6 is 12.6 Å². The first kappa shape index (κ1) is 27.6. The van der Waals surface area contributed by atoms with Gasteiger partial charge in [0.15, 0.2) is 0 Å². The largest absolute Gasteiger partial charge is 0.480 e. The molecule has 0 fully saturated rings. The molecule has 0 bridgehead atoms. The highest BCUT2D eigenvalue weighted by Gasteiger charge is 2.29. The third-order valence-corrected chi connectivity index (χ3v) is 4.35. The summed E-state index contributed by atoms with van der Waals surface area (Å²) >= 11 is 4.02. The second kappa shape index (κ2) is 13.8. The van der Waals surface area contributed by atoms with Crippen LogP contribution in [0, 0.1) is 5.92 Å². The first-order chi connectivity index (χ1) is 13.9. The van der Waals surface area contributed by atoms with Gasteiger partial charge in [-0.15, -0.1) is 0 Å². The van der Waals surface area contributed by atoms with Gasteiger partial charge in [0.05, 0.1) is 12.6 Å². The first-order valence-electron chi connectivity index (χ1n) is 9.32. The summed E-state index contributed by atoms with van der Waals surface area (Å²) < 4.78 is 0. The molecule has 0 aliphatic heterocycles. The Labute approximate surface area is 179 Å². The lowest BCUT2D eigenvalue weighted by Gasteiger charge is -2.24. The van der Waals surface area contributed by atoms with Gasteiger partial charge in [-0.05, 0) is 18.8 Å². The van der Waals surface area contributed by atoms with E-state index in [4.69, 9.17) is 21.7 Å². The van der Waals surface area contributed by atoms with Crippen LogP contribution in [-0.4, -0.2) is 76.3 Å². The molecule has 0 saturated carbocycles. The number of nitrogens with two attached hydrogens (primary N) is 2. The standard InChI is InChI=1S/C17H31N5O7S/c1-8(2)5-9(18)14(25)22-12(7-30)16(27)20-10(3-4-13(19)24)15(26)21-11(6-23)17(28)29/h8-12,23,30H,3-7,18H2,1-2H3,(H2,19,24)(H,20,27)(H,21,26)(H,22,25)(H,28,29). The number of aliphatic hydroxyl groups is 1. The summed E-state index contributed by atoms with van der Waals surface area (Å²) in [4.78, 5) is 59.1. The second-order valence-electron chi connectivity index (χ2n) is 7.13. The summed E-state index contributed by atoms with van der Waals surface area (Å²) in [5, 5.41) is 24.8. The highest BCUT2D eigenvalue weighted by Crippen LogP contribution is 2.04. The van der Waals surface area contributed by atoms with Gasteiger partial charge in [0.1, 0.15) is 18.1 Å². The van der Waals surface area contributed by atoms with Crippen molar-refractivity contribution in [2.75, 3.05) is 12.4 Å². The Kier molecular flexibility index (Phi) is 12.7. The average Bonchev–Trinajstić information content (AvgIpc) is 2.65. The molecule has 4 amide bonds. The van der Waals surface area contributed by atoms with Crippen LogP contribution in [0.5, 0.6) is 0 Å². The van der Waals surface area contributed by atoms with Crippen molar-refractivity contribution in [3.63, 3.8) is 0 Å². The number of thiol groups is 1. The molecule has 13 heteroatoms. The summed E-state index contributed by atoms with van der Waals surface area (Å²) in [5.74, 6) is -4.46. The lowest BCUT2D eigenvalue weighted by molar-refractivity contribution is -0.143. The average molecular weight is 450 g/mol. The van der Waals surface area contributed by atoms with Crippen molar-refractivity contribution in [2.24, 2.45) is 17.4 Å². The fourth-order valence-electron chi connectivity index (χ4n) is 2.37. The van der Waals surface area contributed by atoms with Gasteiger partial charge in [-0.25, -0.2) is 4.79 Å². The van der Waals surface area contributed by atoms with Crippen molar-refractivity contribution in [2.45, 2.75) is 57.3 Å². The third-order valence-electron chi connectivity index (χ3n) is 3.99. The van der Waals surface area contributed by atoms with Crippen molar-refractivity contribution in [1.82, 2.24) is 16.0 Å². The number of rotatable bonds is 14.